The quantitative estimate of drug-likeness (QED) is 0.683. The second-order valence-electron chi connectivity index (χ2n) is 7.31. The highest BCUT2D eigenvalue weighted by Gasteiger charge is 2.37. The number of ether oxygens (including phenoxy) is 2. The number of hydrogen-bond donors (Lipinski definition) is 0. The van der Waals surface area contributed by atoms with Crippen molar-refractivity contribution in [3.63, 3.8) is 0 Å². The summed E-state index contributed by atoms with van der Waals surface area (Å²) in [6.07, 6.45) is 7.24. The smallest absolute Gasteiger partial charge is 0.118 e. The van der Waals surface area contributed by atoms with Crippen LogP contribution < -0.4 is 4.74 Å². The number of aromatic nitrogens is 1. The van der Waals surface area contributed by atoms with E-state index in [4.69, 9.17) is 9.47 Å². The lowest BCUT2D eigenvalue weighted by Gasteiger charge is -2.29. The maximum absolute atomic E-state index is 5.89. The number of rotatable bonds is 9. The van der Waals surface area contributed by atoms with E-state index < -0.39 is 0 Å². The molecule has 0 N–H and O–H groups in total. The SMILES string of the molecule is CCOC[C@@]1(CCc2ccc(OC)cc2)CCN(Cc2cccnc2)C1. The minimum atomic E-state index is 0.248. The minimum Gasteiger partial charge on any atom is -0.497 e. The number of likely N-dealkylation sites (tertiary alicyclic amines) is 1. The van der Waals surface area contributed by atoms with Gasteiger partial charge in [0.05, 0.1) is 13.7 Å². The zero-order chi connectivity index (χ0) is 18.2. The summed E-state index contributed by atoms with van der Waals surface area (Å²) in [7, 11) is 1.71. The van der Waals surface area contributed by atoms with Crippen molar-refractivity contribution in [3.8, 4) is 5.75 Å². The molecule has 1 aromatic carbocycles. The Kier molecular flexibility index (Phi) is 6.64. The number of pyridine rings is 1. The third-order valence-electron chi connectivity index (χ3n) is 5.36. The highest BCUT2D eigenvalue weighted by Crippen LogP contribution is 2.36. The van der Waals surface area contributed by atoms with Gasteiger partial charge in [-0.25, -0.2) is 0 Å². The summed E-state index contributed by atoms with van der Waals surface area (Å²) >= 11 is 0. The van der Waals surface area contributed by atoms with E-state index in [-0.39, 0.29) is 5.41 Å². The third kappa shape index (κ3) is 5.05. The van der Waals surface area contributed by atoms with Crippen LogP contribution in [0.2, 0.25) is 0 Å². The number of aryl methyl sites for hydroxylation is 1. The molecular formula is C22H30N2O2. The van der Waals surface area contributed by atoms with Gasteiger partial charge in [-0.1, -0.05) is 18.2 Å². The first-order valence-electron chi connectivity index (χ1n) is 9.55. The number of methoxy groups -OCH3 is 1. The minimum absolute atomic E-state index is 0.248. The molecule has 0 aliphatic carbocycles. The van der Waals surface area contributed by atoms with Crippen LogP contribution in [0, 0.1) is 5.41 Å². The normalized spacial score (nSPS) is 20.4. The van der Waals surface area contributed by atoms with Gasteiger partial charge in [-0.05, 0) is 62.1 Å². The fraction of sp³-hybridized carbons (Fsp3) is 0.500. The van der Waals surface area contributed by atoms with Gasteiger partial charge in [-0.2, -0.15) is 0 Å². The molecule has 2 heterocycles. The maximum Gasteiger partial charge on any atom is 0.118 e. The molecule has 1 saturated heterocycles. The summed E-state index contributed by atoms with van der Waals surface area (Å²) in [5, 5.41) is 0. The Morgan fingerprint density at radius 1 is 1.15 bits per heavy atom. The van der Waals surface area contributed by atoms with Gasteiger partial charge >= 0.3 is 0 Å². The van der Waals surface area contributed by atoms with Crippen LogP contribution in [0.15, 0.2) is 48.8 Å². The van der Waals surface area contributed by atoms with Gasteiger partial charge < -0.3 is 9.47 Å². The predicted molar refractivity (Wildman–Crippen MR) is 104 cm³/mol. The van der Waals surface area contributed by atoms with Gasteiger partial charge in [-0.15, -0.1) is 0 Å². The lowest BCUT2D eigenvalue weighted by molar-refractivity contribution is 0.0489. The Labute approximate surface area is 157 Å². The molecule has 0 bridgehead atoms. The van der Waals surface area contributed by atoms with Crippen molar-refractivity contribution < 1.29 is 9.47 Å². The van der Waals surface area contributed by atoms with E-state index in [1.54, 1.807) is 7.11 Å². The Hall–Kier alpha value is -1.91. The molecule has 0 radical (unpaired) electrons. The van der Waals surface area contributed by atoms with Crippen molar-refractivity contribution in [3.05, 3.63) is 59.9 Å². The summed E-state index contributed by atoms with van der Waals surface area (Å²) in [5.41, 5.74) is 2.90. The molecule has 0 amide bonds. The molecule has 2 aromatic rings. The summed E-state index contributed by atoms with van der Waals surface area (Å²) in [5.74, 6) is 0.918. The molecule has 1 atom stereocenters. The summed E-state index contributed by atoms with van der Waals surface area (Å²) in [6.45, 7) is 6.92. The van der Waals surface area contributed by atoms with E-state index in [1.165, 1.54) is 17.5 Å². The number of hydrogen-bond acceptors (Lipinski definition) is 4. The lowest BCUT2D eigenvalue weighted by atomic mass is 9.82. The Balaban J connectivity index is 1.61. The molecule has 0 spiro atoms. The molecule has 0 saturated carbocycles. The van der Waals surface area contributed by atoms with Crippen LogP contribution in [0.4, 0.5) is 0 Å². The van der Waals surface area contributed by atoms with Crippen LogP contribution in [-0.2, 0) is 17.7 Å². The molecular weight excluding hydrogens is 324 g/mol. The monoisotopic (exact) mass is 354 g/mol. The molecule has 1 aromatic heterocycles. The Morgan fingerprint density at radius 3 is 2.69 bits per heavy atom. The van der Waals surface area contributed by atoms with Crippen LogP contribution in [0.3, 0.4) is 0 Å². The summed E-state index contributed by atoms with van der Waals surface area (Å²) < 4.78 is 11.1. The molecule has 3 rings (SSSR count). The van der Waals surface area contributed by atoms with E-state index in [0.29, 0.717) is 0 Å². The van der Waals surface area contributed by atoms with Crippen LogP contribution in [-0.4, -0.2) is 43.3 Å². The maximum atomic E-state index is 5.89. The Morgan fingerprint density at radius 2 is 2.00 bits per heavy atom. The topological polar surface area (TPSA) is 34.6 Å². The predicted octanol–water partition coefficient (Wildman–Crippen LogP) is 3.95. The van der Waals surface area contributed by atoms with Gasteiger partial charge in [0.2, 0.25) is 0 Å². The lowest BCUT2D eigenvalue weighted by Crippen LogP contribution is -2.32. The first kappa shape index (κ1) is 18.9. The van der Waals surface area contributed by atoms with Crippen molar-refractivity contribution in [1.82, 2.24) is 9.88 Å². The zero-order valence-corrected chi connectivity index (χ0v) is 16.0. The van der Waals surface area contributed by atoms with Gasteiger partial charge in [0.25, 0.3) is 0 Å². The van der Waals surface area contributed by atoms with Crippen molar-refractivity contribution in [2.24, 2.45) is 5.41 Å². The fourth-order valence-electron chi connectivity index (χ4n) is 3.83. The van der Waals surface area contributed by atoms with Crippen LogP contribution in [0.5, 0.6) is 5.75 Å². The molecule has 1 aliphatic heterocycles. The van der Waals surface area contributed by atoms with Crippen LogP contribution in [0.1, 0.15) is 30.9 Å². The van der Waals surface area contributed by atoms with Crippen LogP contribution >= 0.6 is 0 Å². The number of nitrogens with zero attached hydrogens (tertiary/aromatic N) is 2. The average Bonchev–Trinajstić information content (AvgIpc) is 3.09. The molecule has 26 heavy (non-hydrogen) atoms. The van der Waals surface area contributed by atoms with E-state index in [0.717, 1.165) is 51.4 Å². The third-order valence-corrected chi connectivity index (χ3v) is 5.36. The molecule has 140 valence electrons. The first-order chi connectivity index (χ1) is 12.7. The van der Waals surface area contributed by atoms with Gasteiger partial charge in [0.15, 0.2) is 0 Å². The van der Waals surface area contributed by atoms with E-state index in [2.05, 4.69) is 35.0 Å². The van der Waals surface area contributed by atoms with Crippen molar-refractivity contribution in [1.29, 1.82) is 0 Å². The van der Waals surface area contributed by atoms with Gasteiger partial charge in [0, 0.05) is 37.5 Å². The second kappa shape index (κ2) is 9.15. The fourth-order valence-corrected chi connectivity index (χ4v) is 3.83. The Bertz CT molecular complexity index is 660. The largest absolute Gasteiger partial charge is 0.497 e. The second-order valence-corrected chi connectivity index (χ2v) is 7.31. The summed E-state index contributed by atoms with van der Waals surface area (Å²) in [4.78, 5) is 6.79. The highest BCUT2D eigenvalue weighted by atomic mass is 16.5. The van der Waals surface area contributed by atoms with Gasteiger partial charge in [0.1, 0.15) is 5.75 Å². The van der Waals surface area contributed by atoms with Crippen LogP contribution in [0.25, 0.3) is 0 Å². The van der Waals surface area contributed by atoms with Crippen molar-refractivity contribution in [2.45, 2.75) is 32.7 Å². The van der Waals surface area contributed by atoms with E-state index >= 15 is 0 Å². The van der Waals surface area contributed by atoms with Gasteiger partial charge in [-0.3, -0.25) is 9.88 Å². The first-order valence-corrected chi connectivity index (χ1v) is 9.55. The standard InChI is InChI=1S/C22H30N2O2/c1-3-26-18-22(11-10-19-6-8-21(25-2)9-7-19)12-14-24(17-22)16-20-5-4-13-23-15-20/h4-9,13,15H,3,10-12,14,16-18H2,1-2H3/t22-/m0/s1. The average molecular weight is 354 g/mol. The zero-order valence-electron chi connectivity index (χ0n) is 16.0. The van der Waals surface area contributed by atoms with Crippen molar-refractivity contribution in [2.75, 3.05) is 33.4 Å². The molecule has 1 aliphatic rings. The summed E-state index contributed by atoms with van der Waals surface area (Å²) in [6, 6.07) is 12.6. The van der Waals surface area contributed by atoms with E-state index in [9.17, 15) is 0 Å². The molecule has 0 unspecified atom stereocenters. The highest BCUT2D eigenvalue weighted by molar-refractivity contribution is 5.27. The molecule has 4 nitrogen and oxygen atoms in total. The van der Waals surface area contributed by atoms with E-state index in [1.807, 2.05) is 30.6 Å². The van der Waals surface area contributed by atoms with Crippen molar-refractivity contribution >= 4 is 0 Å². The number of benzene rings is 1. The molecule has 1 fully saturated rings. The molecule has 4 heteroatoms.